The van der Waals surface area contributed by atoms with E-state index in [0.29, 0.717) is 28.0 Å². The number of rotatable bonds is 5. The molecule has 2 bridgehead atoms. The van der Waals surface area contributed by atoms with Crippen LogP contribution in [0.1, 0.15) is 43.5 Å². The lowest BCUT2D eigenvalue weighted by Crippen LogP contribution is -2.62. The molecule has 2 aliphatic heterocycles. The Balaban J connectivity index is 1.25. The molecule has 4 heterocycles. The van der Waals surface area contributed by atoms with Gasteiger partial charge in [0, 0.05) is 23.7 Å². The van der Waals surface area contributed by atoms with E-state index in [1.54, 1.807) is 24.4 Å². The topological polar surface area (TPSA) is 124 Å². The smallest absolute Gasteiger partial charge is 0.218 e. The van der Waals surface area contributed by atoms with Gasteiger partial charge in [-0.05, 0) is 44.2 Å². The van der Waals surface area contributed by atoms with Gasteiger partial charge in [-0.1, -0.05) is 23.8 Å². The lowest BCUT2D eigenvalue weighted by molar-refractivity contribution is 0.104. The highest BCUT2D eigenvalue weighted by Gasteiger charge is 2.46. The number of hydrogen-bond acceptors (Lipinski definition) is 10. The highest BCUT2D eigenvalue weighted by atomic mass is 32.1. The minimum Gasteiger partial charge on any atom is -0.507 e. The fourth-order valence-corrected chi connectivity index (χ4v) is 5.81. The molecule has 3 fully saturated rings. The molecule has 4 atom stereocenters. The summed E-state index contributed by atoms with van der Waals surface area (Å²) in [5, 5.41) is 40.2. The predicted molar refractivity (Wildman–Crippen MR) is 124 cm³/mol. The largest absolute Gasteiger partial charge is 0.507 e. The Morgan fingerprint density at radius 1 is 1.15 bits per heavy atom. The van der Waals surface area contributed by atoms with E-state index >= 15 is 4.39 Å². The highest BCUT2D eigenvalue weighted by molar-refractivity contribution is 7.15. The maximum Gasteiger partial charge on any atom is 0.218 e. The zero-order valence-corrected chi connectivity index (χ0v) is 19.1. The lowest BCUT2D eigenvalue weighted by Gasteiger charge is -2.47. The molecule has 1 aromatic carbocycles. The number of aromatic nitrogens is 5. The van der Waals surface area contributed by atoms with Gasteiger partial charge in [0.25, 0.3) is 0 Å². The van der Waals surface area contributed by atoms with Gasteiger partial charge in [0.1, 0.15) is 23.0 Å². The summed E-state index contributed by atoms with van der Waals surface area (Å²) in [6.07, 6.45) is 6.55. The molecule has 2 aromatic heterocycles. The number of phenols is 1. The van der Waals surface area contributed by atoms with E-state index in [1.165, 1.54) is 0 Å². The second kappa shape index (κ2) is 8.52. The quantitative estimate of drug-likeness (QED) is 0.569. The van der Waals surface area contributed by atoms with Crippen molar-refractivity contribution < 1.29 is 9.50 Å². The van der Waals surface area contributed by atoms with Crippen LogP contribution in [0.25, 0.3) is 22.0 Å². The fraction of sp³-hybridized carbons (Fsp3) is 0.478. The van der Waals surface area contributed by atoms with E-state index in [-0.39, 0.29) is 34.7 Å². The van der Waals surface area contributed by atoms with E-state index in [9.17, 15) is 5.11 Å². The molecule has 0 unspecified atom stereocenters. The second-order valence-corrected chi connectivity index (χ2v) is 10.2. The van der Waals surface area contributed by atoms with Crippen LogP contribution in [0.4, 0.5) is 10.2 Å². The molecule has 3 aromatic rings. The number of anilines is 1. The van der Waals surface area contributed by atoms with Crippen molar-refractivity contribution >= 4 is 17.2 Å². The summed E-state index contributed by atoms with van der Waals surface area (Å²) in [4.78, 5) is 6.57. The molecule has 1 aliphatic carbocycles. The Hall–Kier alpha value is -3.23. The number of benzene rings is 1. The third-order valence-corrected chi connectivity index (χ3v) is 7.79. The van der Waals surface area contributed by atoms with E-state index < -0.39 is 6.17 Å². The average Bonchev–Trinajstić information content (AvgIpc) is 3.57. The average molecular weight is 479 g/mol. The van der Waals surface area contributed by atoms with Gasteiger partial charge >= 0.3 is 0 Å². The predicted octanol–water partition coefficient (Wildman–Crippen LogP) is 3.22. The number of alkyl halides is 1. The zero-order chi connectivity index (χ0) is 23.2. The molecule has 2 saturated heterocycles. The van der Waals surface area contributed by atoms with Gasteiger partial charge in [0.15, 0.2) is 11.6 Å². The summed E-state index contributed by atoms with van der Waals surface area (Å²) in [5.74, 6) is 0.861. The van der Waals surface area contributed by atoms with Gasteiger partial charge in [0.05, 0.1) is 17.8 Å². The van der Waals surface area contributed by atoms with Gasteiger partial charge in [-0.2, -0.15) is 5.26 Å². The molecule has 3 aliphatic rings. The summed E-state index contributed by atoms with van der Waals surface area (Å²) >= 11 is 1.15. The van der Waals surface area contributed by atoms with E-state index in [1.807, 2.05) is 6.07 Å². The van der Waals surface area contributed by atoms with E-state index in [2.05, 4.69) is 35.6 Å². The van der Waals surface area contributed by atoms with Crippen molar-refractivity contribution in [3.05, 3.63) is 29.4 Å². The number of halogens is 1. The van der Waals surface area contributed by atoms with Crippen molar-refractivity contribution in [1.82, 2.24) is 30.7 Å². The van der Waals surface area contributed by atoms with E-state index in [0.717, 1.165) is 49.9 Å². The van der Waals surface area contributed by atoms with Crippen molar-refractivity contribution in [1.29, 1.82) is 5.26 Å². The third kappa shape index (κ3) is 3.86. The Kier molecular flexibility index (Phi) is 5.34. The number of phenolic OH excluding ortho intramolecular Hbond substituents is 1. The van der Waals surface area contributed by atoms with Gasteiger partial charge in [0.2, 0.25) is 5.01 Å². The standard InChI is InChI=1S/C23H23FN8OS/c24-21-16-3-1-2-13(27-16)9-17(21)32(14-5-6-14)19-11-26-22(30-28-19)15-7-4-12(8-18(15)33)23-31-29-20(10-25)34-23/h4,7-8,11,13-14,16-17,21,27,33H,1-3,5-6,9H2/t13-,16+,17+,21-/m1/s1. The maximum atomic E-state index is 15.4. The van der Waals surface area contributed by atoms with Crippen LogP contribution in [0.2, 0.25) is 0 Å². The van der Waals surface area contributed by atoms with Crippen LogP contribution in [0.3, 0.4) is 0 Å². The molecule has 2 N–H and O–H groups in total. The number of nitriles is 1. The van der Waals surface area contributed by atoms with Crippen molar-refractivity contribution in [3.63, 3.8) is 0 Å². The van der Waals surface area contributed by atoms with Crippen LogP contribution in [-0.4, -0.2) is 60.8 Å². The first-order valence-corrected chi connectivity index (χ1v) is 12.4. The summed E-state index contributed by atoms with van der Waals surface area (Å²) in [5.41, 5.74) is 1.08. The molecule has 34 heavy (non-hydrogen) atoms. The third-order valence-electron chi connectivity index (χ3n) is 6.91. The van der Waals surface area contributed by atoms with Gasteiger partial charge in [-0.25, -0.2) is 9.37 Å². The van der Waals surface area contributed by atoms with Crippen LogP contribution < -0.4 is 10.2 Å². The molecule has 174 valence electrons. The molecule has 0 spiro atoms. The molecule has 11 heteroatoms. The number of nitrogens with zero attached hydrogens (tertiary/aromatic N) is 7. The number of piperidine rings is 2. The Labute approximate surface area is 199 Å². The number of aromatic hydroxyl groups is 1. The van der Waals surface area contributed by atoms with Gasteiger partial charge in [-0.15, -0.1) is 20.4 Å². The van der Waals surface area contributed by atoms with E-state index in [4.69, 9.17) is 5.26 Å². The summed E-state index contributed by atoms with van der Waals surface area (Å²) < 4.78 is 15.4. The van der Waals surface area contributed by atoms with Crippen LogP contribution in [0.15, 0.2) is 24.4 Å². The van der Waals surface area contributed by atoms with Crippen LogP contribution in [0.5, 0.6) is 5.75 Å². The van der Waals surface area contributed by atoms with Crippen LogP contribution >= 0.6 is 11.3 Å². The first kappa shape index (κ1) is 21.3. The molecule has 6 rings (SSSR count). The normalized spacial score (nSPS) is 26.1. The van der Waals surface area contributed by atoms with Crippen molar-refractivity contribution in [2.24, 2.45) is 0 Å². The lowest BCUT2D eigenvalue weighted by atomic mass is 9.82. The van der Waals surface area contributed by atoms with Crippen molar-refractivity contribution in [2.45, 2.75) is 68.9 Å². The number of hydrogen-bond donors (Lipinski definition) is 2. The van der Waals surface area contributed by atoms with Crippen molar-refractivity contribution in [3.8, 4) is 33.8 Å². The number of fused-ring (bicyclic) bond motifs is 2. The summed E-state index contributed by atoms with van der Waals surface area (Å²) in [7, 11) is 0. The first-order chi connectivity index (χ1) is 16.6. The van der Waals surface area contributed by atoms with Crippen LogP contribution in [-0.2, 0) is 0 Å². The Morgan fingerprint density at radius 3 is 2.74 bits per heavy atom. The molecular formula is C23H23FN8OS. The highest BCUT2D eigenvalue weighted by Crippen LogP contribution is 2.39. The Bertz CT molecular complexity index is 1240. The molecule has 1 saturated carbocycles. The number of nitrogens with one attached hydrogen (secondary N) is 1. The van der Waals surface area contributed by atoms with Crippen molar-refractivity contribution in [2.75, 3.05) is 4.90 Å². The maximum absolute atomic E-state index is 15.4. The molecular weight excluding hydrogens is 455 g/mol. The fourth-order valence-electron chi connectivity index (χ4n) is 5.18. The summed E-state index contributed by atoms with van der Waals surface area (Å²) in [6.45, 7) is 0. The monoisotopic (exact) mass is 478 g/mol. The zero-order valence-electron chi connectivity index (χ0n) is 18.3. The second-order valence-electron chi connectivity index (χ2n) is 9.18. The minimum absolute atomic E-state index is 0.0187. The first-order valence-electron chi connectivity index (χ1n) is 11.6. The van der Waals surface area contributed by atoms with Gasteiger partial charge < -0.3 is 15.3 Å². The molecule has 9 nitrogen and oxygen atoms in total. The minimum atomic E-state index is -0.947. The SMILES string of the molecule is N#Cc1nnc(-c2ccc(-c3ncc(N(C4CC4)[C@H]4C[C@H]5CCC[C@H](N5)[C@H]4F)nn3)c(O)c2)s1. The Morgan fingerprint density at radius 2 is 2.03 bits per heavy atom. The molecule has 0 radical (unpaired) electrons. The van der Waals surface area contributed by atoms with Crippen LogP contribution in [0, 0.1) is 11.3 Å². The molecule has 0 amide bonds. The van der Waals surface area contributed by atoms with Gasteiger partial charge in [-0.3, -0.25) is 0 Å². The summed E-state index contributed by atoms with van der Waals surface area (Å²) in [6, 6.07) is 7.29.